The molecule has 0 saturated heterocycles. The fourth-order valence-corrected chi connectivity index (χ4v) is 2.47. The maximum absolute atomic E-state index is 12.4. The number of nitro groups is 1. The first-order chi connectivity index (χ1) is 12.8. The Hall–Kier alpha value is -2.97. The van der Waals surface area contributed by atoms with E-state index >= 15 is 0 Å². The monoisotopic (exact) mass is 391 g/mol. The van der Waals surface area contributed by atoms with Gasteiger partial charge in [0.2, 0.25) is 0 Å². The van der Waals surface area contributed by atoms with E-state index < -0.39 is 16.9 Å². The van der Waals surface area contributed by atoms with E-state index in [1.165, 1.54) is 18.2 Å². The number of halogens is 1. The number of likely N-dealkylation sites (N-methyl/N-ethyl adjacent to an activating group) is 1. The van der Waals surface area contributed by atoms with Gasteiger partial charge in [-0.2, -0.15) is 0 Å². The lowest BCUT2D eigenvalue weighted by molar-refractivity contribution is -0.885. The lowest BCUT2D eigenvalue weighted by Gasteiger charge is -2.20. The predicted molar refractivity (Wildman–Crippen MR) is 103 cm³/mol. The lowest BCUT2D eigenvalue weighted by Crippen LogP contribution is -3.14. The Bertz CT molecular complexity index is 842. The molecule has 1 unspecified atom stereocenters. The number of hydrogen-bond acceptors (Lipinski definition) is 4. The number of nitro benzene ring substituents is 1. The summed E-state index contributed by atoms with van der Waals surface area (Å²) >= 11 is 5.80. The van der Waals surface area contributed by atoms with Crippen LogP contribution in [-0.2, 0) is 9.59 Å². The minimum Gasteiger partial charge on any atom is -0.321 e. The van der Waals surface area contributed by atoms with Crippen LogP contribution in [0.15, 0.2) is 48.5 Å². The average Bonchev–Trinajstić information content (AvgIpc) is 2.63. The number of hydrogen-bond donors (Lipinski definition) is 3. The molecular formula is C18H20ClN4O4+. The maximum Gasteiger partial charge on any atom is 0.292 e. The molecule has 0 heterocycles. The zero-order valence-corrected chi connectivity index (χ0v) is 15.6. The van der Waals surface area contributed by atoms with E-state index in [-0.39, 0.29) is 23.8 Å². The number of rotatable bonds is 7. The third-order valence-electron chi connectivity index (χ3n) is 4.06. The molecule has 0 aliphatic rings. The van der Waals surface area contributed by atoms with Crippen molar-refractivity contribution in [2.24, 2.45) is 0 Å². The molecule has 8 nitrogen and oxygen atoms in total. The quantitative estimate of drug-likeness (QED) is 0.493. The molecule has 0 bridgehead atoms. The number of carbonyl (C=O) groups is 2. The minimum absolute atomic E-state index is 0.0497. The van der Waals surface area contributed by atoms with E-state index in [1.807, 2.05) is 0 Å². The van der Waals surface area contributed by atoms with E-state index in [9.17, 15) is 19.7 Å². The molecule has 0 spiro atoms. The normalized spacial score (nSPS) is 12.7. The SMILES string of the molecule is C[C@H](C(=O)Nc1ccccc1[N+](=O)[O-])[NH+](C)CC(=O)Nc1ccc(Cl)cc1. The number of quaternary nitrogens is 1. The van der Waals surface area contributed by atoms with E-state index in [0.717, 1.165) is 0 Å². The Morgan fingerprint density at radius 2 is 1.78 bits per heavy atom. The summed E-state index contributed by atoms with van der Waals surface area (Å²) in [5.41, 5.74) is 0.545. The van der Waals surface area contributed by atoms with Gasteiger partial charge in [-0.15, -0.1) is 0 Å². The van der Waals surface area contributed by atoms with Crippen LogP contribution in [0.3, 0.4) is 0 Å². The van der Waals surface area contributed by atoms with Gasteiger partial charge >= 0.3 is 0 Å². The molecule has 27 heavy (non-hydrogen) atoms. The van der Waals surface area contributed by atoms with Crippen molar-refractivity contribution in [1.82, 2.24) is 0 Å². The second-order valence-electron chi connectivity index (χ2n) is 6.06. The van der Waals surface area contributed by atoms with Gasteiger partial charge in [-0.3, -0.25) is 19.7 Å². The second kappa shape index (κ2) is 9.11. The Morgan fingerprint density at radius 3 is 2.41 bits per heavy atom. The van der Waals surface area contributed by atoms with Gasteiger partial charge in [0.25, 0.3) is 17.5 Å². The van der Waals surface area contributed by atoms with Crippen molar-refractivity contribution in [2.75, 3.05) is 24.2 Å². The van der Waals surface area contributed by atoms with Gasteiger partial charge in [0, 0.05) is 16.8 Å². The van der Waals surface area contributed by atoms with Crippen LogP contribution >= 0.6 is 11.6 Å². The van der Waals surface area contributed by atoms with E-state index in [4.69, 9.17) is 11.6 Å². The zero-order valence-electron chi connectivity index (χ0n) is 14.9. The highest BCUT2D eigenvalue weighted by Gasteiger charge is 2.26. The number of nitrogens with one attached hydrogen (secondary N) is 3. The molecular weight excluding hydrogens is 372 g/mol. The third-order valence-corrected chi connectivity index (χ3v) is 4.31. The molecule has 0 aliphatic heterocycles. The summed E-state index contributed by atoms with van der Waals surface area (Å²) in [6.45, 7) is 1.70. The molecule has 2 amide bonds. The lowest BCUT2D eigenvalue weighted by atomic mass is 10.2. The number of anilines is 2. The predicted octanol–water partition coefficient (Wildman–Crippen LogP) is 1.73. The fourth-order valence-electron chi connectivity index (χ4n) is 2.35. The van der Waals surface area contributed by atoms with E-state index in [2.05, 4.69) is 10.6 Å². The van der Waals surface area contributed by atoms with Gasteiger partial charge in [0.1, 0.15) is 5.69 Å². The first kappa shape index (κ1) is 20.3. The standard InChI is InChI=1S/C18H19ClN4O4/c1-12(18(25)21-15-5-3-4-6-16(15)23(26)27)22(2)11-17(24)20-14-9-7-13(19)8-10-14/h3-10,12H,11H2,1-2H3,(H,20,24)(H,21,25)/p+1/t12-/m1/s1. The van der Waals surface area contributed by atoms with Crippen LogP contribution in [0.25, 0.3) is 0 Å². The summed E-state index contributed by atoms with van der Waals surface area (Å²) in [6, 6.07) is 12.0. The highest BCUT2D eigenvalue weighted by Crippen LogP contribution is 2.23. The van der Waals surface area contributed by atoms with Crippen molar-refractivity contribution in [1.29, 1.82) is 0 Å². The Balaban J connectivity index is 1.94. The van der Waals surface area contributed by atoms with Crippen LogP contribution in [0.2, 0.25) is 5.02 Å². The van der Waals surface area contributed by atoms with Gasteiger partial charge in [0.05, 0.1) is 12.0 Å². The number of carbonyl (C=O) groups excluding carboxylic acids is 2. The minimum atomic E-state index is -0.597. The Morgan fingerprint density at radius 1 is 1.15 bits per heavy atom. The van der Waals surface area contributed by atoms with E-state index in [1.54, 1.807) is 44.3 Å². The number of benzene rings is 2. The van der Waals surface area contributed by atoms with Crippen molar-refractivity contribution in [3.05, 3.63) is 63.7 Å². The van der Waals surface area contributed by atoms with Crippen LogP contribution in [0.1, 0.15) is 6.92 Å². The molecule has 2 rings (SSSR count). The first-order valence-electron chi connectivity index (χ1n) is 8.20. The largest absolute Gasteiger partial charge is 0.321 e. The Labute approximate surface area is 161 Å². The second-order valence-corrected chi connectivity index (χ2v) is 6.50. The van der Waals surface area contributed by atoms with Crippen LogP contribution in [0.5, 0.6) is 0 Å². The van der Waals surface area contributed by atoms with E-state index in [0.29, 0.717) is 15.6 Å². The summed E-state index contributed by atoms with van der Waals surface area (Å²) in [5, 5.41) is 16.9. The van der Waals surface area contributed by atoms with Crippen molar-refractivity contribution >= 4 is 40.5 Å². The molecule has 0 aromatic heterocycles. The third kappa shape index (κ3) is 5.77. The summed E-state index contributed by atoms with van der Waals surface area (Å²) in [4.78, 5) is 35.7. The average molecular weight is 392 g/mol. The Kier molecular flexibility index (Phi) is 6.86. The van der Waals surface area contributed by atoms with Crippen LogP contribution in [0.4, 0.5) is 17.1 Å². The summed E-state index contributed by atoms with van der Waals surface area (Å²) in [5.74, 6) is -0.679. The van der Waals surface area contributed by atoms with Gasteiger partial charge in [-0.1, -0.05) is 23.7 Å². The molecule has 0 aliphatic carbocycles. The molecule has 2 aromatic rings. The molecule has 2 aromatic carbocycles. The molecule has 9 heteroatoms. The maximum atomic E-state index is 12.4. The molecule has 0 radical (unpaired) electrons. The van der Waals surface area contributed by atoms with Gasteiger partial charge in [-0.25, -0.2) is 0 Å². The highest BCUT2D eigenvalue weighted by atomic mass is 35.5. The topological polar surface area (TPSA) is 106 Å². The van der Waals surface area contributed by atoms with Crippen LogP contribution in [-0.4, -0.2) is 36.4 Å². The van der Waals surface area contributed by atoms with Crippen molar-refractivity contribution in [2.45, 2.75) is 13.0 Å². The molecule has 3 N–H and O–H groups in total. The van der Waals surface area contributed by atoms with Crippen molar-refractivity contribution < 1.29 is 19.4 Å². The molecule has 142 valence electrons. The molecule has 0 fully saturated rings. The fraction of sp³-hybridized carbons (Fsp3) is 0.222. The van der Waals surface area contributed by atoms with Gasteiger partial charge in [-0.05, 0) is 37.3 Å². The number of nitrogens with zero attached hydrogens (tertiary/aromatic N) is 1. The van der Waals surface area contributed by atoms with Crippen LogP contribution < -0.4 is 15.5 Å². The summed E-state index contributed by atoms with van der Waals surface area (Å²) in [7, 11) is 1.70. The van der Waals surface area contributed by atoms with Gasteiger partial charge in [0.15, 0.2) is 12.6 Å². The van der Waals surface area contributed by atoms with Gasteiger partial charge < -0.3 is 15.5 Å². The number of amides is 2. The summed E-state index contributed by atoms with van der Waals surface area (Å²) in [6.07, 6.45) is 0. The molecule has 0 saturated carbocycles. The van der Waals surface area contributed by atoms with Crippen molar-refractivity contribution in [3.63, 3.8) is 0 Å². The highest BCUT2D eigenvalue weighted by molar-refractivity contribution is 6.30. The summed E-state index contributed by atoms with van der Waals surface area (Å²) < 4.78 is 0. The van der Waals surface area contributed by atoms with Crippen LogP contribution in [0, 0.1) is 10.1 Å². The molecule has 2 atom stereocenters. The number of para-hydroxylation sites is 2. The zero-order chi connectivity index (χ0) is 20.0. The van der Waals surface area contributed by atoms with Crippen molar-refractivity contribution in [3.8, 4) is 0 Å². The first-order valence-corrected chi connectivity index (χ1v) is 8.57. The smallest absolute Gasteiger partial charge is 0.292 e.